The van der Waals surface area contributed by atoms with Crippen LogP contribution in [-0.2, 0) is 14.3 Å². The van der Waals surface area contributed by atoms with E-state index in [1.807, 2.05) is 19.1 Å². The van der Waals surface area contributed by atoms with E-state index >= 15 is 0 Å². The Labute approximate surface area is 118 Å². The Hall–Kier alpha value is -1.36. The van der Waals surface area contributed by atoms with Gasteiger partial charge in [-0.1, -0.05) is 19.1 Å². The average molecular weight is 279 g/mol. The maximum atomic E-state index is 12.1. The number of nitrogens with one attached hydrogen (secondary N) is 1. The first kappa shape index (κ1) is 13.6. The van der Waals surface area contributed by atoms with E-state index in [1.165, 1.54) is 0 Å². The van der Waals surface area contributed by atoms with Crippen molar-refractivity contribution in [3.63, 3.8) is 0 Å². The summed E-state index contributed by atoms with van der Waals surface area (Å²) >= 11 is 0. The average Bonchev–Trinajstić information content (AvgIpc) is 2.62. The van der Waals surface area contributed by atoms with Gasteiger partial charge in [-0.15, -0.1) is 0 Å². The second-order valence-electron chi connectivity index (χ2n) is 6.22. The number of aliphatic hydroxyl groups is 1. The van der Waals surface area contributed by atoms with Crippen LogP contribution in [0.2, 0.25) is 0 Å². The summed E-state index contributed by atoms with van der Waals surface area (Å²) in [4.78, 5) is 24.2. The van der Waals surface area contributed by atoms with Gasteiger partial charge in [-0.25, -0.2) is 4.79 Å². The normalized spacial score (nSPS) is 44.4. The van der Waals surface area contributed by atoms with Crippen LogP contribution in [0.3, 0.4) is 0 Å². The first-order chi connectivity index (χ1) is 9.47. The molecule has 110 valence electrons. The number of carbonyl (C=O) groups excluding carboxylic acids is 2. The van der Waals surface area contributed by atoms with Crippen molar-refractivity contribution in [2.45, 2.75) is 56.8 Å². The molecule has 0 bridgehead atoms. The first-order valence-electron chi connectivity index (χ1n) is 7.37. The largest absolute Gasteiger partial charge is 0.453 e. The number of aliphatic hydroxyl groups excluding tert-OH is 1. The third-order valence-corrected chi connectivity index (χ3v) is 5.26. The molecule has 1 aliphatic carbocycles. The summed E-state index contributed by atoms with van der Waals surface area (Å²) in [5.41, 5.74) is -2.20. The fraction of sp³-hybridized carbons (Fsp3) is 0.733. The molecule has 0 aromatic rings. The lowest BCUT2D eigenvalue weighted by molar-refractivity contribution is -0.238. The van der Waals surface area contributed by atoms with Crippen LogP contribution in [0.1, 0.15) is 39.5 Å². The zero-order chi connectivity index (χ0) is 14.5. The number of esters is 1. The van der Waals surface area contributed by atoms with Gasteiger partial charge in [-0.05, 0) is 32.6 Å². The predicted molar refractivity (Wildman–Crippen MR) is 71.6 cm³/mol. The molecule has 3 rings (SSSR count). The van der Waals surface area contributed by atoms with Crippen molar-refractivity contribution in [2.24, 2.45) is 11.8 Å². The summed E-state index contributed by atoms with van der Waals surface area (Å²) < 4.78 is 5.33. The Morgan fingerprint density at radius 1 is 1.55 bits per heavy atom. The fourth-order valence-corrected chi connectivity index (χ4v) is 4.05. The third kappa shape index (κ3) is 1.41. The van der Waals surface area contributed by atoms with Gasteiger partial charge in [0.2, 0.25) is 11.4 Å². The molecule has 5 atom stereocenters. The van der Waals surface area contributed by atoms with E-state index in [4.69, 9.17) is 4.74 Å². The van der Waals surface area contributed by atoms with Crippen LogP contribution in [0, 0.1) is 11.8 Å². The molecule has 2 fully saturated rings. The second-order valence-corrected chi connectivity index (χ2v) is 6.22. The minimum Gasteiger partial charge on any atom is -0.453 e. The molecule has 1 unspecified atom stereocenters. The van der Waals surface area contributed by atoms with Crippen molar-refractivity contribution in [3.05, 3.63) is 12.2 Å². The van der Waals surface area contributed by atoms with Crippen molar-refractivity contribution in [2.75, 3.05) is 0 Å². The minimum absolute atomic E-state index is 0.105. The highest BCUT2D eigenvalue weighted by Gasteiger charge is 2.79. The summed E-state index contributed by atoms with van der Waals surface area (Å²) in [5.74, 6) is -1.19. The van der Waals surface area contributed by atoms with Crippen molar-refractivity contribution in [1.82, 2.24) is 5.32 Å². The molecule has 0 aromatic carbocycles. The van der Waals surface area contributed by atoms with Gasteiger partial charge in [0.25, 0.3) is 0 Å². The number of rotatable bonds is 3. The highest BCUT2D eigenvalue weighted by atomic mass is 16.6. The molecule has 5 nitrogen and oxygen atoms in total. The van der Waals surface area contributed by atoms with Gasteiger partial charge in [0.1, 0.15) is 0 Å². The molecule has 0 radical (unpaired) electrons. The minimum atomic E-state index is -1.27. The topological polar surface area (TPSA) is 75.6 Å². The van der Waals surface area contributed by atoms with Crippen LogP contribution in [-0.4, -0.2) is 34.2 Å². The summed E-state index contributed by atoms with van der Waals surface area (Å²) in [5, 5.41) is 13.5. The molecule has 2 heterocycles. The van der Waals surface area contributed by atoms with Gasteiger partial charge >= 0.3 is 5.97 Å². The number of ether oxygens (including phenoxy) is 1. The summed E-state index contributed by atoms with van der Waals surface area (Å²) in [6.45, 7) is 3.65. The number of hydrogen-bond acceptors (Lipinski definition) is 4. The van der Waals surface area contributed by atoms with E-state index in [-0.39, 0.29) is 17.7 Å². The molecule has 20 heavy (non-hydrogen) atoms. The van der Waals surface area contributed by atoms with Crippen molar-refractivity contribution in [3.8, 4) is 0 Å². The summed E-state index contributed by atoms with van der Waals surface area (Å²) in [6, 6.07) is 0. The number of hydrogen-bond donors (Lipinski definition) is 2. The lowest BCUT2D eigenvalue weighted by Gasteiger charge is -2.54. The molecule has 5 heteroatoms. The molecule has 2 N–H and O–H groups in total. The highest BCUT2D eigenvalue weighted by Crippen LogP contribution is 2.53. The SMILES string of the molecule is CCC1C(=O)N[C@@]2([C@@H](O)[C@@H]3C=CCCC3)C(=O)O[C@@]12C. The van der Waals surface area contributed by atoms with Gasteiger partial charge < -0.3 is 15.2 Å². The Morgan fingerprint density at radius 3 is 2.85 bits per heavy atom. The van der Waals surface area contributed by atoms with Gasteiger partial charge in [-0.3, -0.25) is 4.79 Å². The Kier molecular flexibility index (Phi) is 2.94. The van der Waals surface area contributed by atoms with E-state index in [0.29, 0.717) is 6.42 Å². The third-order valence-electron chi connectivity index (χ3n) is 5.26. The first-order valence-corrected chi connectivity index (χ1v) is 7.37. The Balaban J connectivity index is 1.97. The van der Waals surface area contributed by atoms with Gasteiger partial charge in [0.15, 0.2) is 5.60 Å². The van der Waals surface area contributed by atoms with Gasteiger partial charge in [0, 0.05) is 5.92 Å². The second kappa shape index (κ2) is 4.32. The van der Waals surface area contributed by atoms with E-state index in [2.05, 4.69) is 5.32 Å². The molecule has 1 amide bonds. The van der Waals surface area contributed by atoms with Crippen LogP contribution in [0.25, 0.3) is 0 Å². The van der Waals surface area contributed by atoms with E-state index < -0.39 is 23.2 Å². The molecule has 2 aliphatic heterocycles. The highest BCUT2D eigenvalue weighted by molar-refractivity contribution is 6.01. The van der Waals surface area contributed by atoms with Gasteiger partial charge in [0.05, 0.1) is 12.0 Å². The van der Waals surface area contributed by atoms with E-state index in [0.717, 1.165) is 19.3 Å². The molecular formula is C15H21NO4. The van der Waals surface area contributed by atoms with Crippen molar-refractivity contribution in [1.29, 1.82) is 0 Å². The van der Waals surface area contributed by atoms with Crippen LogP contribution in [0.4, 0.5) is 0 Å². The monoisotopic (exact) mass is 279 g/mol. The van der Waals surface area contributed by atoms with Gasteiger partial charge in [-0.2, -0.15) is 0 Å². The van der Waals surface area contributed by atoms with Crippen LogP contribution >= 0.6 is 0 Å². The predicted octanol–water partition coefficient (Wildman–Crippen LogP) is 0.914. The molecule has 3 aliphatic rings. The lowest BCUT2D eigenvalue weighted by atomic mass is 9.64. The fourth-order valence-electron chi connectivity index (χ4n) is 4.05. The molecule has 0 spiro atoms. The zero-order valence-corrected chi connectivity index (χ0v) is 11.9. The number of allylic oxidation sites excluding steroid dienone is 1. The molecule has 0 saturated carbocycles. The number of carbonyl (C=O) groups is 2. The Bertz CT molecular complexity index is 488. The van der Waals surface area contributed by atoms with Crippen LogP contribution in [0.5, 0.6) is 0 Å². The lowest BCUT2D eigenvalue weighted by Crippen LogP contribution is -2.80. The number of fused-ring (bicyclic) bond motifs is 1. The van der Waals surface area contributed by atoms with Crippen molar-refractivity contribution < 1.29 is 19.4 Å². The van der Waals surface area contributed by atoms with Crippen molar-refractivity contribution >= 4 is 11.9 Å². The smallest absolute Gasteiger partial charge is 0.339 e. The molecular weight excluding hydrogens is 258 g/mol. The quantitative estimate of drug-likeness (QED) is 0.595. The summed E-state index contributed by atoms with van der Waals surface area (Å²) in [7, 11) is 0. The Morgan fingerprint density at radius 2 is 2.30 bits per heavy atom. The molecule has 2 saturated heterocycles. The zero-order valence-electron chi connectivity index (χ0n) is 11.9. The maximum Gasteiger partial charge on any atom is 0.339 e. The maximum absolute atomic E-state index is 12.1. The van der Waals surface area contributed by atoms with Crippen LogP contribution in [0.15, 0.2) is 12.2 Å². The molecule has 0 aromatic heterocycles. The summed E-state index contributed by atoms with van der Waals surface area (Å²) in [6.07, 6.45) is 6.47. The van der Waals surface area contributed by atoms with E-state index in [9.17, 15) is 14.7 Å². The van der Waals surface area contributed by atoms with E-state index in [1.54, 1.807) is 6.92 Å². The van der Waals surface area contributed by atoms with Crippen LogP contribution < -0.4 is 5.32 Å². The standard InChI is InChI=1S/C15H21NO4/c1-3-10-12(18)16-15(13(19)20-14(10,15)2)11(17)9-7-5-4-6-8-9/h5,7,9-11,17H,3-4,6,8H2,1-2H3,(H,16,18)/t9-,10?,11+,14+,15+/m1/s1. The number of amides is 1.